The van der Waals surface area contributed by atoms with Crippen LogP contribution in [0.4, 0.5) is 0 Å². The quantitative estimate of drug-likeness (QED) is 0.645. The van der Waals surface area contributed by atoms with Gasteiger partial charge in [-0.1, -0.05) is 0 Å². The highest BCUT2D eigenvalue weighted by atomic mass is 15.2. The molecule has 0 aromatic heterocycles. The maximum Gasteiger partial charge on any atom is 0.0219 e. The van der Waals surface area contributed by atoms with Crippen LogP contribution in [-0.4, -0.2) is 56.1 Å². The largest absolute Gasteiger partial charge is 0.329 e. The lowest BCUT2D eigenvalue weighted by Gasteiger charge is -2.24. The van der Waals surface area contributed by atoms with E-state index < -0.39 is 0 Å². The fourth-order valence-electron chi connectivity index (χ4n) is 1.78. The molecule has 12 heavy (non-hydrogen) atoms. The van der Waals surface area contributed by atoms with Crippen LogP contribution in [0.5, 0.6) is 0 Å². The van der Waals surface area contributed by atoms with Crippen molar-refractivity contribution < 1.29 is 0 Å². The Balaban J connectivity index is 2.21. The first-order valence-corrected chi connectivity index (χ1v) is 4.83. The standard InChI is InChI=1S/C9H21N3/c1-11(2)6-7-12-5-3-4-9(12)8-10/h9H,3-8,10H2,1-2H3/t9-/m1/s1. The number of rotatable bonds is 4. The van der Waals surface area contributed by atoms with E-state index in [-0.39, 0.29) is 0 Å². The lowest BCUT2D eigenvalue weighted by Crippen LogP contribution is -2.39. The molecular formula is C9H21N3. The van der Waals surface area contributed by atoms with E-state index in [1.807, 2.05) is 0 Å². The molecule has 0 amide bonds. The Kier molecular flexibility index (Phi) is 3.98. The second-order valence-corrected chi connectivity index (χ2v) is 3.87. The van der Waals surface area contributed by atoms with Gasteiger partial charge >= 0.3 is 0 Å². The summed E-state index contributed by atoms with van der Waals surface area (Å²) in [5.41, 5.74) is 5.68. The molecule has 0 aromatic carbocycles. The number of hydrogen-bond acceptors (Lipinski definition) is 3. The van der Waals surface area contributed by atoms with Crippen LogP contribution in [-0.2, 0) is 0 Å². The average molecular weight is 171 g/mol. The highest BCUT2D eigenvalue weighted by molar-refractivity contribution is 4.79. The predicted molar refractivity (Wildman–Crippen MR) is 52.2 cm³/mol. The molecule has 0 unspecified atom stereocenters. The van der Waals surface area contributed by atoms with Gasteiger partial charge in [0.05, 0.1) is 0 Å². The summed E-state index contributed by atoms with van der Waals surface area (Å²) in [6, 6.07) is 0.657. The third kappa shape index (κ3) is 2.73. The van der Waals surface area contributed by atoms with Crippen LogP contribution in [0.15, 0.2) is 0 Å². The Bertz CT molecular complexity index is 125. The van der Waals surface area contributed by atoms with Crippen molar-refractivity contribution in [1.29, 1.82) is 0 Å². The molecule has 1 saturated heterocycles. The molecule has 1 atom stereocenters. The minimum absolute atomic E-state index is 0.657. The summed E-state index contributed by atoms with van der Waals surface area (Å²) in [7, 11) is 4.24. The van der Waals surface area contributed by atoms with E-state index in [1.165, 1.54) is 25.9 Å². The molecule has 2 N–H and O–H groups in total. The molecule has 0 saturated carbocycles. The van der Waals surface area contributed by atoms with Gasteiger partial charge in [0.25, 0.3) is 0 Å². The first-order valence-electron chi connectivity index (χ1n) is 4.83. The average Bonchev–Trinajstić information content (AvgIpc) is 2.47. The number of hydrogen-bond donors (Lipinski definition) is 1. The lowest BCUT2D eigenvalue weighted by atomic mass is 10.2. The fraction of sp³-hybridized carbons (Fsp3) is 1.00. The molecule has 3 heteroatoms. The maximum atomic E-state index is 5.68. The summed E-state index contributed by atoms with van der Waals surface area (Å²) >= 11 is 0. The SMILES string of the molecule is CN(C)CCN1CCC[C@@H]1CN. The van der Waals surface area contributed by atoms with Crippen molar-refractivity contribution in [3.8, 4) is 0 Å². The first kappa shape index (κ1) is 9.96. The van der Waals surface area contributed by atoms with Crippen LogP contribution in [0, 0.1) is 0 Å². The van der Waals surface area contributed by atoms with Crippen molar-refractivity contribution in [1.82, 2.24) is 9.80 Å². The van der Waals surface area contributed by atoms with Gasteiger partial charge < -0.3 is 10.6 Å². The van der Waals surface area contributed by atoms with Crippen molar-refractivity contribution in [3.63, 3.8) is 0 Å². The van der Waals surface area contributed by atoms with Crippen molar-refractivity contribution in [2.75, 3.05) is 40.3 Å². The van der Waals surface area contributed by atoms with Gasteiger partial charge in [-0.25, -0.2) is 0 Å². The number of likely N-dealkylation sites (tertiary alicyclic amines) is 1. The van der Waals surface area contributed by atoms with Gasteiger partial charge in [0, 0.05) is 25.7 Å². The monoisotopic (exact) mass is 171 g/mol. The smallest absolute Gasteiger partial charge is 0.0219 e. The second-order valence-electron chi connectivity index (χ2n) is 3.87. The molecule has 0 aromatic rings. The minimum Gasteiger partial charge on any atom is -0.329 e. The molecule has 1 rings (SSSR count). The number of nitrogens with zero attached hydrogens (tertiary/aromatic N) is 2. The van der Waals surface area contributed by atoms with Crippen molar-refractivity contribution >= 4 is 0 Å². The van der Waals surface area contributed by atoms with E-state index in [0.717, 1.165) is 13.1 Å². The molecule has 1 fully saturated rings. The summed E-state index contributed by atoms with van der Waals surface area (Å²) < 4.78 is 0. The van der Waals surface area contributed by atoms with E-state index in [4.69, 9.17) is 5.73 Å². The van der Waals surface area contributed by atoms with Crippen LogP contribution >= 0.6 is 0 Å². The normalized spacial score (nSPS) is 25.5. The predicted octanol–water partition coefficient (Wildman–Crippen LogP) is -0.0289. The fourth-order valence-corrected chi connectivity index (χ4v) is 1.78. The Hall–Kier alpha value is -0.120. The van der Waals surface area contributed by atoms with Crippen molar-refractivity contribution in [3.05, 3.63) is 0 Å². The van der Waals surface area contributed by atoms with Gasteiger partial charge in [-0.3, -0.25) is 4.90 Å². The van der Waals surface area contributed by atoms with Crippen LogP contribution < -0.4 is 5.73 Å². The third-order valence-corrected chi connectivity index (χ3v) is 2.61. The highest BCUT2D eigenvalue weighted by Crippen LogP contribution is 2.14. The third-order valence-electron chi connectivity index (χ3n) is 2.61. The zero-order valence-corrected chi connectivity index (χ0v) is 8.29. The number of likely N-dealkylation sites (N-methyl/N-ethyl adjacent to an activating group) is 1. The molecule has 0 aliphatic carbocycles. The Morgan fingerprint density at radius 3 is 2.83 bits per heavy atom. The molecule has 0 bridgehead atoms. The van der Waals surface area contributed by atoms with Gasteiger partial charge in [0.1, 0.15) is 0 Å². The van der Waals surface area contributed by atoms with E-state index in [9.17, 15) is 0 Å². The summed E-state index contributed by atoms with van der Waals surface area (Å²) in [6.45, 7) is 4.40. The summed E-state index contributed by atoms with van der Waals surface area (Å²) in [4.78, 5) is 4.74. The second kappa shape index (κ2) is 4.80. The molecule has 0 spiro atoms. The molecule has 3 nitrogen and oxygen atoms in total. The van der Waals surface area contributed by atoms with Crippen LogP contribution in [0.25, 0.3) is 0 Å². The first-order chi connectivity index (χ1) is 5.74. The number of nitrogens with two attached hydrogens (primary N) is 1. The van der Waals surface area contributed by atoms with E-state index in [1.54, 1.807) is 0 Å². The Morgan fingerprint density at radius 1 is 1.50 bits per heavy atom. The Morgan fingerprint density at radius 2 is 2.25 bits per heavy atom. The zero-order chi connectivity index (χ0) is 8.97. The summed E-state index contributed by atoms with van der Waals surface area (Å²) in [6.07, 6.45) is 2.62. The molecule has 72 valence electrons. The van der Waals surface area contributed by atoms with E-state index >= 15 is 0 Å². The molecule has 1 aliphatic rings. The highest BCUT2D eigenvalue weighted by Gasteiger charge is 2.22. The lowest BCUT2D eigenvalue weighted by molar-refractivity contribution is 0.229. The van der Waals surface area contributed by atoms with Crippen LogP contribution in [0.2, 0.25) is 0 Å². The van der Waals surface area contributed by atoms with Gasteiger partial charge in [0.2, 0.25) is 0 Å². The molecule has 0 radical (unpaired) electrons. The van der Waals surface area contributed by atoms with Gasteiger partial charge in [-0.05, 0) is 33.5 Å². The molecular weight excluding hydrogens is 150 g/mol. The van der Waals surface area contributed by atoms with Gasteiger partial charge in [0.15, 0.2) is 0 Å². The molecule has 1 heterocycles. The van der Waals surface area contributed by atoms with Crippen LogP contribution in [0.3, 0.4) is 0 Å². The van der Waals surface area contributed by atoms with E-state index in [2.05, 4.69) is 23.9 Å². The summed E-state index contributed by atoms with van der Waals surface area (Å²) in [5, 5.41) is 0. The zero-order valence-electron chi connectivity index (χ0n) is 8.29. The minimum atomic E-state index is 0.657. The van der Waals surface area contributed by atoms with Crippen molar-refractivity contribution in [2.45, 2.75) is 18.9 Å². The van der Waals surface area contributed by atoms with Crippen LogP contribution in [0.1, 0.15) is 12.8 Å². The maximum absolute atomic E-state index is 5.68. The summed E-state index contributed by atoms with van der Waals surface area (Å²) in [5.74, 6) is 0. The molecule has 1 aliphatic heterocycles. The van der Waals surface area contributed by atoms with Gasteiger partial charge in [-0.15, -0.1) is 0 Å². The van der Waals surface area contributed by atoms with Gasteiger partial charge in [-0.2, -0.15) is 0 Å². The van der Waals surface area contributed by atoms with Crippen molar-refractivity contribution in [2.24, 2.45) is 5.73 Å². The topological polar surface area (TPSA) is 32.5 Å². The van der Waals surface area contributed by atoms with E-state index in [0.29, 0.717) is 6.04 Å². The Labute approximate surface area is 75.5 Å².